The largest absolute Gasteiger partial charge is 0.351 e. The standard InChI is InChI=1S/C16H21ClN2O2S/c1-22-8-6-15(20)18-14-10-16(21)19(11-14)7-5-12-3-2-4-13(17)9-12/h2-4,9,14H,5-8,10-11H2,1H3,(H,18,20)/t14-/m0/s1. The van der Waals surface area contributed by atoms with Crippen LogP contribution >= 0.6 is 23.4 Å². The van der Waals surface area contributed by atoms with E-state index in [0.29, 0.717) is 31.0 Å². The molecule has 0 aliphatic carbocycles. The Morgan fingerprint density at radius 1 is 1.50 bits per heavy atom. The van der Waals surface area contributed by atoms with Crippen LogP contribution in [0.3, 0.4) is 0 Å². The van der Waals surface area contributed by atoms with E-state index in [1.807, 2.05) is 35.4 Å². The lowest BCUT2D eigenvalue weighted by molar-refractivity contribution is -0.127. The number of halogens is 1. The van der Waals surface area contributed by atoms with Crippen molar-refractivity contribution in [2.75, 3.05) is 25.1 Å². The molecule has 1 aromatic carbocycles. The van der Waals surface area contributed by atoms with Gasteiger partial charge >= 0.3 is 0 Å². The van der Waals surface area contributed by atoms with Gasteiger partial charge < -0.3 is 10.2 Å². The first-order valence-electron chi connectivity index (χ1n) is 7.39. The molecule has 0 radical (unpaired) electrons. The molecule has 6 heteroatoms. The van der Waals surface area contributed by atoms with Gasteiger partial charge in [0.15, 0.2) is 0 Å². The zero-order valence-corrected chi connectivity index (χ0v) is 14.3. The number of nitrogens with zero attached hydrogens (tertiary/aromatic N) is 1. The summed E-state index contributed by atoms with van der Waals surface area (Å²) in [5.74, 6) is 0.950. The molecule has 0 bridgehead atoms. The van der Waals surface area contributed by atoms with Gasteiger partial charge in [-0.3, -0.25) is 9.59 Å². The smallest absolute Gasteiger partial charge is 0.224 e. The molecule has 1 aromatic rings. The first-order valence-corrected chi connectivity index (χ1v) is 9.16. The van der Waals surface area contributed by atoms with Crippen molar-refractivity contribution in [3.63, 3.8) is 0 Å². The Balaban J connectivity index is 1.78. The summed E-state index contributed by atoms with van der Waals surface area (Å²) in [5, 5.41) is 3.66. The molecule has 1 aliphatic rings. The number of carbonyl (C=O) groups is 2. The third-order valence-electron chi connectivity index (χ3n) is 3.67. The summed E-state index contributed by atoms with van der Waals surface area (Å²) >= 11 is 7.61. The number of carbonyl (C=O) groups excluding carboxylic acids is 2. The fourth-order valence-corrected chi connectivity index (χ4v) is 3.14. The van der Waals surface area contributed by atoms with Crippen LogP contribution in [0.15, 0.2) is 24.3 Å². The van der Waals surface area contributed by atoms with E-state index in [0.717, 1.165) is 17.7 Å². The van der Waals surface area contributed by atoms with Gasteiger partial charge in [0.2, 0.25) is 11.8 Å². The molecular weight excluding hydrogens is 320 g/mol. The van der Waals surface area contributed by atoms with Crippen molar-refractivity contribution in [2.45, 2.75) is 25.3 Å². The predicted molar refractivity (Wildman–Crippen MR) is 91.3 cm³/mol. The molecule has 1 atom stereocenters. The Kier molecular flexibility index (Phi) is 6.58. The number of hydrogen-bond donors (Lipinski definition) is 1. The van der Waals surface area contributed by atoms with Gasteiger partial charge in [0.25, 0.3) is 0 Å². The van der Waals surface area contributed by atoms with E-state index >= 15 is 0 Å². The highest BCUT2D eigenvalue weighted by Crippen LogP contribution is 2.15. The minimum absolute atomic E-state index is 0.0313. The second kappa shape index (κ2) is 8.44. The highest BCUT2D eigenvalue weighted by Gasteiger charge is 2.29. The van der Waals surface area contributed by atoms with E-state index in [4.69, 9.17) is 11.6 Å². The van der Waals surface area contributed by atoms with Crippen molar-refractivity contribution in [3.8, 4) is 0 Å². The average Bonchev–Trinajstić information content (AvgIpc) is 2.83. The summed E-state index contributed by atoms with van der Waals surface area (Å²) in [5.41, 5.74) is 1.12. The maximum atomic E-state index is 12.0. The van der Waals surface area contributed by atoms with Gasteiger partial charge in [-0.2, -0.15) is 11.8 Å². The fourth-order valence-electron chi connectivity index (χ4n) is 2.54. The summed E-state index contributed by atoms with van der Waals surface area (Å²) in [4.78, 5) is 25.6. The zero-order chi connectivity index (χ0) is 15.9. The van der Waals surface area contributed by atoms with Crippen LogP contribution in [0.4, 0.5) is 0 Å². The number of hydrogen-bond acceptors (Lipinski definition) is 3. The van der Waals surface area contributed by atoms with Crippen LogP contribution in [0, 0.1) is 0 Å². The Hall–Kier alpha value is -1.20. The number of thioether (sulfide) groups is 1. The van der Waals surface area contributed by atoms with Crippen LogP contribution < -0.4 is 5.32 Å². The first-order chi connectivity index (χ1) is 10.6. The summed E-state index contributed by atoms with van der Waals surface area (Å²) in [6, 6.07) is 7.63. The number of likely N-dealkylation sites (tertiary alicyclic amines) is 1. The van der Waals surface area contributed by atoms with Gasteiger partial charge in [-0.15, -0.1) is 0 Å². The molecule has 4 nitrogen and oxygen atoms in total. The molecule has 120 valence electrons. The van der Waals surface area contributed by atoms with Crippen LogP contribution in [0.2, 0.25) is 5.02 Å². The van der Waals surface area contributed by atoms with Crippen molar-refractivity contribution in [2.24, 2.45) is 0 Å². The van der Waals surface area contributed by atoms with Crippen molar-refractivity contribution < 1.29 is 9.59 Å². The number of benzene rings is 1. The average molecular weight is 341 g/mol. The lowest BCUT2D eigenvalue weighted by Gasteiger charge is -2.17. The number of nitrogens with one attached hydrogen (secondary N) is 1. The van der Waals surface area contributed by atoms with Crippen molar-refractivity contribution in [1.29, 1.82) is 0 Å². The van der Waals surface area contributed by atoms with E-state index < -0.39 is 0 Å². The van der Waals surface area contributed by atoms with Gasteiger partial charge in [0.05, 0.1) is 6.04 Å². The van der Waals surface area contributed by atoms with E-state index in [9.17, 15) is 9.59 Å². The van der Waals surface area contributed by atoms with Crippen LogP contribution in [0.1, 0.15) is 18.4 Å². The van der Waals surface area contributed by atoms with E-state index in [2.05, 4.69) is 5.32 Å². The predicted octanol–water partition coefficient (Wildman–Crippen LogP) is 2.35. The monoisotopic (exact) mass is 340 g/mol. The van der Waals surface area contributed by atoms with Crippen LogP contribution in [-0.4, -0.2) is 47.9 Å². The second-order valence-corrected chi connectivity index (χ2v) is 6.85. The normalized spacial score (nSPS) is 17.8. The maximum absolute atomic E-state index is 12.0. The Bertz CT molecular complexity index is 539. The highest BCUT2D eigenvalue weighted by molar-refractivity contribution is 7.98. The molecule has 22 heavy (non-hydrogen) atoms. The van der Waals surface area contributed by atoms with Gasteiger partial charge in [-0.25, -0.2) is 0 Å². The van der Waals surface area contributed by atoms with Gasteiger partial charge in [0.1, 0.15) is 0 Å². The zero-order valence-electron chi connectivity index (χ0n) is 12.7. The van der Waals surface area contributed by atoms with E-state index in [1.165, 1.54) is 0 Å². The second-order valence-electron chi connectivity index (χ2n) is 5.43. The van der Waals surface area contributed by atoms with Gasteiger partial charge in [0, 0.05) is 36.7 Å². The molecule has 1 aliphatic heterocycles. The minimum Gasteiger partial charge on any atom is -0.351 e. The molecular formula is C16H21ClN2O2S. The summed E-state index contributed by atoms with van der Waals surface area (Å²) in [6.07, 6.45) is 3.66. The molecule has 2 amide bonds. The quantitative estimate of drug-likeness (QED) is 0.829. The summed E-state index contributed by atoms with van der Waals surface area (Å²) in [7, 11) is 0. The molecule has 1 fully saturated rings. The van der Waals surface area contributed by atoms with Gasteiger partial charge in [-0.05, 0) is 30.4 Å². The molecule has 0 spiro atoms. The lowest BCUT2D eigenvalue weighted by Crippen LogP contribution is -2.37. The Labute approximate surface area is 140 Å². The Morgan fingerprint density at radius 2 is 2.32 bits per heavy atom. The van der Waals surface area contributed by atoms with E-state index in [1.54, 1.807) is 11.8 Å². The SMILES string of the molecule is CSCCC(=O)N[C@H]1CC(=O)N(CCc2cccc(Cl)c2)C1. The van der Waals surface area contributed by atoms with Crippen molar-refractivity contribution >= 4 is 35.2 Å². The van der Waals surface area contributed by atoms with Crippen LogP contribution in [0.25, 0.3) is 0 Å². The molecule has 0 saturated carbocycles. The number of amides is 2. The summed E-state index contributed by atoms with van der Waals surface area (Å²) < 4.78 is 0. The highest BCUT2D eigenvalue weighted by atomic mass is 35.5. The first kappa shape index (κ1) is 17.2. The third kappa shape index (κ3) is 5.21. The van der Waals surface area contributed by atoms with Crippen LogP contribution in [-0.2, 0) is 16.0 Å². The summed E-state index contributed by atoms with van der Waals surface area (Å²) in [6.45, 7) is 1.26. The van der Waals surface area contributed by atoms with Crippen LogP contribution in [0.5, 0.6) is 0 Å². The molecule has 2 rings (SSSR count). The molecule has 1 N–H and O–H groups in total. The van der Waals surface area contributed by atoms with Crippen molar-refractivity contribution in [1.82, 2.24) is 10.2 Å². The molecule has 0 aromatic heterocycles. The van der Waals surface area contributed by atoms with Crippen molar-refractivity contribution in [3.05, 3.63) is 34.9 Å². The Morgan fingerprint density at radius 3 is 3.05 bits per heavy atom. The number of rotatable bonds is 7. The van der Waals surface area contributed by atoms with Gasteiger partial charge in [-0.1, -0.05) is 23.7 Å². The maximum Gasteiger partial charge on any atom is 0.224 e. The topological polar surface area (TPSA) is 49.4 Å². The molecule has 1 heterocycles. The molecule has 0 unspecified atom stereocenters. The minimum atomic E-state index is -0.0544. The third-order valence-corrected chi connectivity index (χ3v) is 4.52. The fraction of sp³-hybridized carbons (Fsp3) is 0.500. The molecule has 1 saturated heterocycles. The van der Waals surface area contributed by atoms with E-state index in [-0.39, 0.29) is 17.9 Å². The lowest BCUT2D eigenvalue weighted by atomic mass is 10.1.